The van der Waals surface area contributed by atoms with E-state index in [1.54, 1.807) is 0 Å². The molecule has 0 aliphatic rings. The largest absolute Gasteiger partial charge is 0.545 e. The number of carbonyl (C=O) groups is 3. The van der Waals surface area contributed by atoms with Crippen LogP contribution >= 0.6 is 0 Å². The molecule has 0 aromatic carbocycles. The Labute approximate surface area is 497 Å². The Balaban J connectivity index is 4.04. The molecular weight excluding hydrogens is 995 g/mol. The van der Waals surface area contributed by atoms with Gasteiger partial charge < -0.3 is 33.3 Å². The van der Waals surface area contributed by atoms with Crippen molar-refractivity contribution >= 4 is 17.9 Å². The number of carbonyl (C=O) groups excluding carboxylic acids is 3. The molecule has 0 aliphatic carbocycles. The van der Waals surface area contributed by atoms with E-state index in [0.717, 1.165) is 44.9 Å². The Kier molecular flexibility index (Phi) is 61.1. The Morgan fingerprint density at radius 1 is 0.375 bits per heavy atom. The van der Waals surface area contributed by atoms with Gasteiger partial charge in [0.1, 0.15) is 13.2 Å². The van der Waals surface area contributed by atoms with E-state index >= 15 is 0 Å². The van der Waals surface area contributed by atoms with Crippen molar-refractivity contribution < 1.29 is 42.9 Å². The number of allylic oxidation sites excluding steroid dienone is 4. The van der Waals surface area contributed by atoms with Gasteiger partial charge in [-0.05, 0) is 44.9 Å². The van der Waals surface area contributed by atoms with E-state index in [9.17, 15) is 19.5 Å². The number of hydrogen-bond acceptors (Lipinski definition) is 8. The highest BCUT2D eigenvalue weighted by atomic mass is 16.7. The minimum Gasteiger partial charge on any atom is -0.545 e. The van der Waals surface area contributed by atoms with E-state index in [4.69, 9.17) is 18.9 Å². The summed E-state index contributed by atoms with van der Waals surface area (Å²) in [6.07, 6.45) is 74.1. The number of likely N-dealkylation sites (N-methyl/N-ethyl adjacent to an activating group) is 1. The number of aliphatic carboxylic acids is 1. The van der Waals surface area contributed by atoms with Crippen LogP contribution in [0.4, 0.5) is 0 Å². The van der Waals surface area contributed by atoms with Gasteiger partial charge >= 0.3 is 11.9 Å². The number of hydrogen-bond donors (Lipinski definition) is 0. The lowest BCUT2D eigenvalue weighted by Gasteiger charge is -2.26. The molecule has 9 heteroatoms. The fraction of sp³-hybridized carbons (Fsp3) is 0.901. The normalized spacial score (nSPS) is 12.8. The van der Waals surface area contributed by atoms with Crippen LogP contribution in [0.15, 0.2) is 24.3 Å². The van der Waals surface area contributed by atoms with E-state index in [2.05, 4.69) is 38.2 Å². The first-order valence-corrected chi connectivity index (χ1v) is 35.0. The monoisotopic (exact) mass is 1130 g/mol. The van der Waals surface area contributed by atoms with Crippen LogP contribution in [0.3, 0.4) is 0 Å². The number of carboxylic acid groups (broad SMARTS) is 1. The van der Waals surface area contributed by atoms with Crippen molar-refractivity contribution in [3.63, 3.8) is 0 Å². The predicted octanol–water partition coefficient (Wildman–Crippen LogP) is 20.1. The van der Waals surface area contributed by atoms with E-state index in [1.807, 2.05) is 21.1 Å². The maximum atomic E-state index is 12.9. The van der Waals surface area contributed by atoms with Gasteiger partial charge in [0.15, 0.2) is 12.4 Å². The summed E-state index contributed by atoms with van der Waals surface area (Å²) in [4.78, 5) is 37.5. The fourth-order valence-electron chi connectivity index (χ4n) is 10.6. The minimum absolute atomic E-state index is 0.150. The molecule has 0 amide bonds. The van der Waals surface area contributed by atoms with E-state index in [-0.39, 0.29) is 32.2 Å². The van der Waals surface area contributed by atoms with Crippen molar-refractivity contribution in [3.8, 4) is 0 Å². The zero-order valence-corrected chi connectivity index (χ0v) is 54.0. The second kappa shape index (κ2) is 62.8. The summed E-state index contributed by atoms with van der Waals surface area (Å²) < 4.78 is 22.8. The number of rotatable bonds is 66. The number of unbranched alkanes of at least 4 members (excludes halogenated alkanes) is 47. The molecule has 80 heavy (non-hydrogen) atoms. The third kappa shape index (κ3) is 63.4. The molecule has 0 saturated carbocycles. The van der Waals surface area contributed by atoms with E-state index < -0.39 is 24.3 Å². The van der Waals surface area contributed by atoms with Crippen molar-refractivity contribution in [2.45, 2.75) is 367 Å². The number of carboxylic acids is 1. The van der Waals surface area contributed by atoms with E-state index in [1.165, 1.54) is 276 Å². The minimum atomic E-state index is -1.62. The summed E-state index contributed by atoms with van der Waals surface area (Å²) in [6, 6.07) is 0. The van der Waals surface area contributed by atoms with Crippen molar-refractivity contribution in [2.75, 3.05) is 47.5 Å². The van der Waals surface area contributed by atoms with Gasteiger partial charge in [0.05, 0.1) is 40.3 Å². The van der Waals surface area contributed by atoms with Crippen molar-refractivity contribution in [2.24, 2.45) is 0 Å². The van der Waals surface area contributed by atoms with Gasteiger partial charge in [0, 0.05) is 12.8 Å². The van der Waals surface area contributed by atoms with Crippen LogP contribution < -0.4 is 5.11 Å². The summed E-state index contributed by atoms with van der Waals surface area (Å²) in [5.74, 6) is -2.26. The Hall–Kier alpha value is -2.23. The van der Waals surface area contributed by atoms with Crippen molar-refractivity contribution in [1.29, 1.82) is 0 Å². The topological polar surface area (TPSA) is 111 Å². The predicted molar refractivity (Wildman–Crippen MR) is 339 cm³/mol. The van der Waals surface area contributed by atoms with Gasteiger partial charge in [-0.25, -0.2) is 0 Å². The highest BCUT2D eigenvalue weighted by Crippen LogP contribution is 2.19. The molecule has 0 spiro atoms. The molecule has 0 heterocycles. The number of quaternary nitrogens is 1. The van der Waals surface area contributed by atoms with Gasteiger partial charge in [-0.3, -0.25) is 9.59 Å². The summed E-state index contributed by atoms with van der Waals surface area (Å²) >= 11 is 0. The average Bonchev–Trinajstić information content (AvgIpc) is 3.43. The Morgan fingerprint density at radius 3 is 0.988 bits per heavy atom. The zero-order valence-electron chi connectivity index (χ0n) is 54.0. The molecule has 2 atom stereocenters. The molecule has 0 fully saturated rings. The van der Waals surface area contributed by atoms with Crippen LogP contribution in [0.5, 0.6) is 0 Å². The zero-order chi connectivity index (χ0) is 58.3. The molecular formula is C71H135NO8. The highest BCUT2D eigenvalue weighted by Gasteiger charge is 2.22. The summed E-state index contributed by atoms with van der Waals surface area (Å²) in [5, 5.41) is 11.8. The lowest BCUT2D eigenvalue weighted by atomic mass is 10.0. The SMILES string of the molecule is CCCCCCC/C=C\C/C=C\CCCCCCCCCCCCCC(=O)OC(COC(=O)CCCCCCCCCCCCCCCCCCCCCCCCCCCCCCCCCC)COC(OCC[N+](C)(C)C)C(=O)[O-]. The maximum Gasteiger partial charge on any atom is 0.306 e. The maximum absolute atomic E-state index is 12.9. The van der Waals surface area contributed by atoms with Gasteiger partial charge in [0.25, 0.3) is 0 Å². The van der Waals surface area contributed by atoms with Crippen LogP contribution in [0.1, 0.15) is 354 Å². The van der Waals surface area contributed by atoms with E-state index in [0.29, 0.717) is 23.9 Å². The summed E-state index contributed by atoms with van der Waals surface area (Å²) in [7, 11) is 5.94. The molecule has 2 unspecified atom stereocenters. The van der Waals surface area contributed by atoms with Crippen molar-refractivity contribution in [3.05, 3.63) is 24.3 Å². The molecule has 0 aromatic heterocycles. The standard InChI is InChI=1S/C71H135NO8/c1-6-8-10-12-14-16-18-20-22-24-26-28-30-31-32-33-34-35-36-37-38-40-41-43-45-47-49-51-53-55-57-59-61-68(73)78-65-67(66-79-71(70(75)76)77-64-63-72(3,4)5)80-69(74)62-60-58-56-54-52-50-48-46-44-42-39-29-27-25-23-21-19-17-15-13-11-9-7-2/h19,21,25,27,67,71H,6-18,20,22-24,26,28-66H2,1-5H3/b21-19-,27-25-. The van der Waals surface area contributed by atoms with Crippen LogP contribution in [0.2, 0.25) is 0 Å². The number of esters is 2. The number of nitrogens with zero attached hydrogens (tertiary/aromatic N) is 1. The molecule has 472 valence electrons. The Bertz CT molecular complexity index is 1360. The summed E-state index contributed by atoms with van der Waals surface area (Å²) in [6.45, 7) is 4.81. The molecule has 0 radical (unpaired) electrons. The average molecular weight is 1130 g/mol. The molecule has 0 bridgehead atoms. The first-order chi connectivity index (χ1) is 39.1. The second-order valence-corrected chi connectivity index (χ2v) is 25.2. The first kappa shape index (κ1) is 77.8. The number of ether oxygens (including phenoxy) is 4. The van der Waals surface area contributed by atoms with Crippen LogP contribution in [0, 0.1) is 0 Å². The third-order valence-electron chi connectivity index (χ3n) is 16.0. The van der Waals surface area contributed by atoms with Crippen LogP contribution in [0.25, 0.3) is 0 Å². The lowest BCUT2D eigenvalue weighted by Crippen LogP contribution is -2.44. The highest BCUT2D eigenvalue weighted by molar-refractivity contribution is 5.70. The molecule has 0 aliphatic heterocycles. The van der Waals surface area contributed by atoms with Gasteiger partial charge in [-0.15, -0.1) is 0 Å². The third-order valence-corrected chi connectivity index (χ3v) is 16.0. The molecule has 0 N–H and O–H groups in total. The molecule has 0 aromatic rings. The van der Waals surface area contributed by atoms with Crippen molar-refractivity contribution in [1.82, 2.24) is 0 Å². The second-order valence-electron chi connectivity index (χ2n) is 25.2. The quantitative estimate of drug-likeness (QED) is 0.0195. The summed E-state index contributed by atoms with van der Waals surface area (Å²) in [5.41, 5.74) is 0. The van der Waals surface area contributed by atoms with Gasteiger partial charge in [0.2, 0.25) is 0 Å². The van der Waals surface area contributed by atoms with Crippen LogP contribution in [-0.2, 0) is 33.3 Å². The smallest absolute Gasteiger partial charge is 0.306 e. The molecule has 0 saturated heterocycles. The lowest BCUT2D eigenvalue weighted by molar-refractivity contribution is -0.870. The first-order valence-electron chi connectivity index (χ1n) is 35.0. The molecule has 9 nitrogen and oxygen atoms in total. The van der Waals surface area contributed by atoms with Crippen LogP contribution in [-0.4, -0.2) is 82.3 Å². The fourth-order valence-corrected chi connectivity index (χ4v) is 10.6. The van der Waals surface area contributed by atoms with Gasteiger partial charge in [-0.2, -0.15) is 0 Å². The Morgan fingerprint density at radius 2 is 0.675 bits per heavy atom. The van der Waals surface area contributed by atoms with Gasteiger partial charge in [-0.1, -0.05) is 321 Å². The molecule has 0 rings (SSSR count).